The summed E-state index contributed by atoms with van der Waals surface area (Å²) in [5.74, 6) is 1.04. The Hall–Kier alpha value is -3.32. The zero-order chi connectivity index (χ0) is 20.0. The molecule has 2 aliphatic rings. The topological polar surface area (TPSA) is 100 Å². The number of hydrogen-bond acceptors (Lipinski definition) is 7. The summed E-state index contributed by atoms with van der Waals surface area (Å²) in [5.41, 5.74) is 3.21. The number of phenolic OH excluding ortho intramolecular Hbond substituents is 1. The molecule has 8 heteroatoms. The number of rotatable bonds is 2. The van der Waals surface area contributed by atoms with Gasteiger partial charge in [0.1, 0.15) is 5.75 Å². The fourth-order valence-electron chi connectivity index (χ4n) is 4.03. The van der Waals surface area contributed by atoms with E-state index < -0.39 is 6.04 Å². The summed E-state index contributed by atoms with van der Waals surface area (Å²) < 4.78 is 4.87. The third kappa shape index (κ3) is 3.23. The van der Waals surface area contributed by atoms with Crippen molar-refractivity contribution in [3.63, 3.8) is 0 Å². The van der Waals surface area contributed by atoms with Crippen molar-refractivity contribution in [1.29, 1.82) is 0 Å². The number of nitrogens with zero attached hydrogens (tertiary/aromatic N) is 2. The van der Waals surface area contributed by atoms with Crippen LogP contribution in [0.3, 0.4) is 0 Å². The molecule has 3 N–H and O–H groups in total. The van der Waals surface area contributed by atoms with Gasteiger partial charge < -0.3 is 15.7 Å². The van der Waals surface area contributed by atoms with Gasteiger partial charge in [-0.1, -0.05) is 35.9 Å². The number of anilines is 2. The van der Waals surface area contributed by atoms with Crippen molar-refractivity contribution >= 4 is 29.0 Å². The molecule has 0 bridgehead atoms. The Morgan fingerprint density at radius 3 is 2.62 bits per heavy atom. The van der Waals surface area contributed by atoms with Crippen LogP contribution in [0.4, 0.5) is 11.6 Å². The van der Waals surface area contributed by atoms with E-state index in [2.05, 4.69) is 20.9 Å². The number of phenols is 1. The Kier molecular flexibility index (Phi) is 4.24. The van der Waals surface area contributed by atoms with Crippen molar-refractivity contribution in [2.24, 2.45) is 0 Å². The summed E-state index contributed by atoms with van der Waals surface area (Å²) in [6, 6.07) is 13.9. The average molecular weight is 409 g/mol. The highest BCUT2D eigenvalue weighted by Gasteiger charge is 2.37. The quantitative estimate of drug-likeness (QED) is 0.577. The lowest BCUT2D eigenvalue weighted by molar-refractivity contribution is -0.116. The van der Waals surface area contributed by atoms with Gasteiger partial charge in [-0.3, -0.25) is 4.79 Å². The van der Waals surface area contributed by atoms with Gasteiger partial charge >= 0.3 is 0 Å². The standard InChI is InChI=1S/C21H17ClN4O3/c22-14-6-4-11(5-7-14)13-9-16-18(17(28)10-13)19(12-2-1-3-15(27)8-12)24-21-20(23-16)25-29-26-21/h1-8,13,19,27H,9-10H2,(H,23,25)(H,24,26)/t13-,19-/m0/s1. The first-order valence-corrected chi connectivity index (χ1v) is 9.63. The number of halogens is 1. The second-order valence-corrected chi connectivity index (χ2v) is 7.67. The Morgan fingerprint density at radius 1 is 1.03 bits per heavy atom. The molecule has 29 heavy (non-hydrogen) atoms. The van der Waals surface area contributed by atoms with Gasteiger partial charge in [-0.2, -0.15) is 0 Å². The van der Waals surface area contributed by atoms with Crippen molar-refractivity contribution in [3.8, 4) is 5.75 Å². The molecule has 5 rings (SSSR count). The highest BCUT2D eigenvalue weighted by molar-refractivity contribution is 6.30. The molecule has 0 amide bonds. The molecule has 7 nitrogen and oxygen atoms in total. The zero-order valence-corrected chi connectivity index (χ0v) is 16.0. The molecular formula is C21H17ClN4O3. The smallest absolute Gasteiger partial charge is 0.219 e. The third-order valence-corrected chi connectivity index (χ3v) is 5.63. The maximum atomic E-state index is 13.3. The number of carbonyl (C=O) groups excluding carboxylic acids is 1. The van der Waals surface area contributed by atoms with Gasteiger partial charge in [0.25, 0.3) is 0 Å². The Labute approximate surface area is 171 Å². The Morgan fingerprint density at radius 2 is 1.83 bits per heavy atom. The lowest BCUT2D eigenvalue weighted by Gasteiger charge is -2.29. The monoisotopic (exact) mass is 408 g/mol. The summed E-state index contributed by atoms with van der Waals surface area (Å²) in [6.07, 6.45) is 1.01. The van der Waals surface area contributed by atoms with Crippen LogP contribution < -0.4 is 10.6 Å². The van der Waals surface area contributed by atoms with E-state index in [9.17, 15) is 9.90 Å². The maximum absolute atomic E-state index is 13.3. The van der Waals surface area contributed by atoms with Gasteiger partial charge in [-0.15, -0.1) is 0 Å². The molecule has 1 aromatic heterocycles. The molecule has 146 valence electrons. The Balaban J connectivity index is 1.59. The van der Waals surface area contributed by atoms with Crippen molar-refractivity contribution in [1.82, 2.24) is 10.3 Å². The number of hydrogen-bond donors (Lipinski definition) is 3. The van der Waals surface area contributed by atoms with E-state index in [0.29, 0.717) is 35.1 Å². The number of fused-ring (bicyclic) bond motifs is 1. The summed E-state index contributed by atoms with van der Waals surface area (Å²) in [6.45, 7) is 0. The molecular weight excluding hydrogens is 392 g/mol. The van der Waals surface area contributed by atoms with Crippen molar-refractivity contribution in [3.05, 3.63) is 76.0 Å². The second-order valence-electron chi connectivity index (χ2n) is 7.23. The Bertz CT molecular complexity index is 1120. The molecule has 2 heterocycles. The van der Waals surface area contributed by atoms with Crippen molar-refractivity contribution < 1.29 is 14.5 Å². The lowest BCUT2D eigenvalue weighted by Crippen LogP contribution is -2.27. The fraction of sp³-hybridized carbons (Fsp3) is 0.190. The molecule has 1 aliphatic heterocycles. The van der Waals surface area contributed by atoms with Gasteiger partial charge in [0.05, 0.1) is 6.04 Å². The predicted octanol–water partition coefficient (Wildman–Crippen LogP) is 4.41. The number of allylic oxidation sites excluding steroid dienone is 1. The van der Waals surface area contributed by atoms with E-state index in [1.165, 1.54) is 0 Å². The highest BCUT2D eigenvalue weighted by atomic mass is 35.5. The van der Waals surface area contributed by atoms with E-state index in [0.717, 1.165) is 16.8 Å². The van der Waals surface area contributed by atoms with E-state index in [-0.39, 0.29) is 17.5 Å². The van der Waals surface area contributed by atoms with Crippen LogP contribution in [-0.2, 0) is 4.79 Å². The zero-order valence-electron chi connectivity index (χ0n) is 15.2. The minimum Gasteiger partial charge on any atom is -0.508 e. The van der Waals surface area contributed by atoms with Gasteiger partial charge in [0, 0.05) is 22.7 Å². The van der Waals surface area contributed by atoms with Crippen LogP contribution >= 0.6 is 11.6 Å². The number of nitrogens with one attached hydrogen (secondary N) is 2. The molecule has 0 fully saturated rings. The molecule has 2 atom stereocenters. The SMILES string of the molecule is O=C1C[C@@H](c2ccc(Cl)cc2)CC2=C1[C@H](c1cccc(O)c1)Nc1nonc1N2. The van der Waals surface area contributed by atoms with Gasteiger partial charge in [-0.05, 0) is 58.0 Å². The van der Waals surface area contributed by atoms with Gasteiger partial charge in [-0.25, -0.2) is 4.63 Å². The first kappa shape index (κ1) is 17.8. The van der Waals surface area contributed by atoms with Crippen LogP contribution in [0.5, 0.6) is 5.75 Å². The van der Waals surface area contributed by atoms with Crippen LogP contribution in [-0.4, -0.2) is 21.2 Å². The first-order chi connectivity index (χ1) is 14.1. The summed E-state index contributed by atoms with van der Waals surface area (Å²) in [4.78, 5) is 13.3. The normalized spacial score (nSPS) is 20.9. The number of aromatic hydroxyl groups is 1. The number of ketones is 1. The van der Waals surface area contributed by atoms with Crippen LogP contribution in [0, 0.1) is 0 Å². The second kappa shape index (κ2) is 6.93. The van der Waals surface area contributed by atoms with Crippen LogP contribution in [0.15, 0.2) is 64.4 Å². The lowest BCUT2D eigenvalue weighted by atomic mass is 9.78. The van der Waals surface area contributed by atoms with E-state index in [1.54, 1.807) is 18.2 Å². The minimum absolute atomic E-state index is 0.0252. The number of benzene rings is 2. The predicted molar refractivity (Wildman–Crippen MR) is 108 cm³/mol. The summed E-state index contributed by atoms with van der Waals surface area (Å²) in [7, 11) is 0. The number of aromatic nitrogens is 2. The summed E-state index contributed by atoms with van der Waals surface area (Å²) >= 11 is 6.01. The molecule has 1 aliphatic carbocycles. The molecule has 0 spiro atoms. The van der Waals surface area contributed by atoms with Crippen LogP contribution in [0.25, 0.3) is 0 Å². The van der Waals surface area contributed by atoms with E-state index in [4.69, 9.17) is 16.2 Å². The molecule has 0 radical (unpaired) electrons. The first-order valence-electron chi connectivity index (χ1n) is 9.25. The van der Waals surface area contributed by atoms with Crippen LogP contribution in [0.1, 0.15) is 35.9 Å². The van der Waals surface area contributed by atoms with E-state index in [1.807, 2.05) is 30.3 Å². The van der Waals surface area contributed by atoms with Gasteiger partial charge in [0.2, 0.25) is 11.6 Å². The van der Waals surface area contributed by atoms with E-state index >= 15 is 0 Å². The molecule has 3 aromatic rings. The highest BCUT2D eigenvalue weighted by Crippen LogP contribution is 2.43. The van der Waals surface area contributed by atoms with Crippen LogP contribution in [0.2, 0.25) is 5.02 Å². The third-order valence-electron chi connectivity index (χ3n) is 5.38. The molecule has 0 unspecified atom stereocenters. The molecule has 0 saturated carbocycles. The summed E-state index contributed by atoms with van der Waals surface area (Å²) in [5, 5.41) is 24.9. The van der Waals surface area contributed by atoms with Crippen molar-refractivity contribution in [2.45, 2.75) is 24.8 Å². The maximum Gasteiger partial charge on any atom is 0.219 e. The fourth-order valence-corrected chi connectivity index (χ4v) is 4.15. The van der Waals surface area contributed by atoms with Crippen molar-refractivity contribution in [2.75, 3.05) is 10.6 Å². The minimum atomic E-state index is -0.476. The average Bonchev–Trinajstić information content (AvgIpc) is 3.07. The number of carbonyl (C=O) groups is 1. The molecule has 2 aromatic carbocycles. The van der Waals surface area contributed by atoms with Gasteiger partial charge in [0.15, 0.2) is 5.78 Å². The largest absolute Gasteiger partial charge is 0.508 e. The molecule has 0 saturated heterocycles. The number of Topliss-reactive ketones (excluding diaryl/α,β-unsaturated/α-hetero) is 1.